The molecule has 0 N–H and O–H groups in total. The Bertz CT molecular complexity index is 352. The summed E-state index contributed by atoms with van der Waals surface area (Å²) in [6, 6.07) is 5.46. The fraction of sp³-hybridized carbons (Fsp3) is 0.300. The van der Waals surface area contributed by atoms with Gasteiger partial charge in [-0.2, -0.15) is 0 Å². The lowest BCUT2D eigenvalue weighted by Crippen LogP contribution is -2.02. The molecule has 1 unspecified atom stereocenters. The first-order chi connectivity index (χ1) is 6.56. The molecule has 0 amide bonds. The Morgan fingerprint density at radius 1 is 1.57 bits per heavy atom. The van der Waals surface area contributed by atoms with Gasteiger partial charge in [0.25, 0.3) is 0 Å². The zero-order valence-electron chi connectivity index (χ0n) is 7.63. The molecule has 0 saturated heterocycles. The molecule has 4 heteroatoms. The van der Waals surface area contributed by atoms with Crippen LogP contribution >= 0.6 is 35.8 Å². The number of hydrogen-bond donors (Lipinski definition) is 1. The highest BCUT2D eigenvalue weighted by molar-refractivity contribution is 7.80. The van der Waals surface area contributed by atoms with E-state index in [0.29, 0.717) is 10.8 Å². The van der Waals surface area contributed by atoms with E-state index < -0.39 is 5.38 Å². The summed E-state index contributed by atoms with van der Waals surface area (Å²) in [7, 11) is 0. The molecule has 14 heavy (non-hydrogen) atoms. The molecular formula is C10H10Cl2OS. The van der Waals surface area contributed by atoms with Gasteiger partial charge < -0.3 is 0 Å². The monoisotopic (exact) mass is 248 g/mol. The SMILES string of the molecule is CC(=O)C(Cl)c1ccc(CCl)cc1S. The second-order valence-corrected chi connectivity index (χ2v) is 4.19. The Morgan fingerprint density at radius 2 is 2.21 bits per heavy atom. The van der Waals surface area contributed by atoms with Crippen LogP contribution in [0.25, 0.3) is 0 Å². The van der Waals surface area contributed by atoms with Crippen molar-refractivity contribution in [1.29, 1.82) is 0 Å². The summed E-state index contributed by atoms with van der Waals surface area (Å²) in [5, 5.41) is -0.619. The number of rotatable bonds is 3. The minimum atomic E-state index is -0.619. The van der Waals surface area contributed by atoms with E-state index >= 15 is 0 Å². The van der Waals surface area contributed by atoms with Crippen LogP contribution in [0.15, 0.2) is 23.1 Å². The Kier molecular flexibility index (Phi) is 4.30. The van der Waals surface area contributed by atoms with Crippen LogP contribution in [0.3, 0.4) is 0 Å². The number of hydrogen-bond acceptors (Lipinski definition) is 2. The van der Waals surface area contributed by atoms with E-state index in [1.165, 1.54) is 6.92 Å². The molecule has 1 rings (SSSR count). The van der Waals surface area contributed by atoms with Crippen LogP contribution in [0.2, 0.25) is 0 Å². The van der Waals surface area contributed by atoms with Gasteiger partial charge in [0.05, 0.1) is 0 Å². The molecule has 0 bridgehead atoms. The van der Waals surface area contributed by atoms with Gasteiger partial charge in [-0.05, 0) is 24.1 Å². The van der Waals surface area contributed by atoms with Crippen LogP contribution in [0.4, 0.5) is 0 Å². The van der Waals surface area contributed by atoms with Crippen molar-refractivity contribution in [2.75, 3.05) is 0 Å². The Balaban J connectivity index is 3.05. The molecule has 76 valence electrons. The third kappa shape index (κ3) is 2.66. The predicted octanol–water partition coefficient (Wildman–Crippen LogP) is 3.58. The molecule has 1 nitrogen and oxygen atoms in total. The average Bonchev–Trinajstić information content (AvgIpc) is 2.16. The molecule has 0 aromatic heterocycles. The van der Waals surface area contributed by atoms with Gasteiger partial charge in [0.15, 0.2) is 5.78 Å². The van der Waals surface area contributed by atoms with Crippen molar-refractivity contribution in [3.63, 3.8) is 0 Å². The molecule has 0 heterocycles. The maximum Gasteiger partial charge on any atom is 0.152 e. The van der Waals surface area contributed by atoms with Gasteiger partial charge in [-0.1, -0.05) is 12.1 Å². The second kappa shape index (κ2) is 5.06. The lowest BCUT2D eigenvalue weighted by atomic mass is 10.1. The lowest BCUT2D eigenvalue weighted by Gasteiger charge is -2.09. The smallest absolute Gasteiger partial charge is 0.152 e. The summed E-state index contributed by atoms with van der Waals surface area (Å²) in [5.41, 5.74) is 1.70. The largest absolute Gasteiger partial charge is 0.298 e. The Morgan fingerprint density at radius 3 is 2.64 bits per heavy atom. The fourth-order valence-electron chi connectivity index (χ4n) is 1.11. The highest BCUT2D eigenvalue weighted by atomic mass is 35.5. The first-order valence-electron chi connectivity index (χ1n) is 4.08. The molecule has 0 radical (unpaired) electrons. The zero-order valence-corrected chi connectivity index (χ0v) is 10.0. The number of benzene rings is 1. The summed E-state index contributed by atoms with van der Waals surface area (Å²) in [4.78, 5) is 11.8. The van der Waals surface area contributed by atoms with Crippen LogP contribution in [0.1, 0.15) is 23.4 Å². The van der Waals surface area contributed by atoms with E-state index in [0.717, 1.165) is 11.1 Å². The summed E-state index contributed by atoms with van der Waals surface area (Å²) in [6.07, 6.45) is 0. The highest BCUT2D eigenvalue weighted by Gasteiger charge is 2.15. The van der Waals surface area contributed by atoms with Gasteiger partial charge >= 0.3 is 0 Å². The quantitative estimate of drug-likeness (QED) is 0.640. The highest BCUT2D eigenvalue weighted by Crippen LogP contribution is 2.28. The van der Waals surface area contributed by atoms with Gasteiger partial charge in [0.1, 0.15) is 5.38 Å². The minimum absolute atomic E-state index is 0.0828. The number of carbonyl (C=O) groups excluding carboxylic acids is 1. The molecular weight excluding hydrogens is 239 g/mol. The van der Waals surface area contributed by atoms with Crippen molar-refractivity contribution in [2.24, 2.45) is 0 Å². The topological polar surface area (TPSA) is 17.1 Å². The van der Waals surface area contributed by atoms with Crippen molar-refractivity contribution in [1.82, 2.24) is 0 Å². The lowest BCUT2D eigenvalue weighted by molar-refractivity contribution is -0.116. The number of alkyl halides is 2. The van der Waals surface area contributed by atoms with Crippen molar-refractivity contribution >= 4 is 41.6 Å². The zero-order chi connectivity index (χ0) is 10.7. The van der Waals surface area contributed by atoms with Gasteiger partial charge in [-0.3, -0.25) is 4.79 Å². The normalized spacial score (nSPS) is 12.6. The molecule has 0 aliphatic rings. The van der Waals surface area contributed by atoms with Gasteiger partial charge in [0, 0.05) is 10.8 Å². The van der Waals surface area contributed by atoms with Crippen molar-refractivity contribution < 1.29 is 4.79 Å². The molecule has 0 aliphatic heterocycles. The summed E-state index contributed by atoms with van der Waals surface area (Å²) in [6.45, 7) is 1.46. The molecule has 1 atom stereocenters. The molecule has 1 aromatic carbocycles. The van der Waals surface area contributed by atoms with Gasteiger partial charge in [0.2, 0.25) is 0 Å². The van der Waals surface area contributed by atoms with Gasteiger partial charge in [-0.15, -0.1) is 35.8 Å². The minimum Gasteiger partial charge on any atom is -0.298 e. The van der Waals surface area contributed by atoms with E-state index in [9.17, 15) is 4.79 Å². The summed E-state index contributed by atoms with van der Waals surface area (Å²) >= 11 is 15.8. The Hall–Kier alpha value is -0.180. The van der Waals surface area contributed by atoms with E-state index in [4.69, 9.17) is 23.2 Å². The van der Waals surface area contributed by atoms with E-state index in [2.05, 4.69) is 12.6 Å². The molecule has 0 spiro atoms. The van der Waals surface area contributed by atoms with Crippen molar-refractivity contribution in [3.8, 4) is 0 Å². The number of Topliss-reactive ketones (excluding diaryl/α,β-unsaturated/α-hetero) is 1. The molecule has 0 fully saturated rings. The third-order valence-electron chi connectivity index (χ3n) is 1.88. The first-order valence-corrected chi connectivity index (χ1v) is 5.50. The van der Waals surface area contributed by atoms with Gasteiger partial charge in [-0.25, -0.2) is 0 Å². The van der Waals surface area contributed by atoms with E-state index in [1.807, 2.05) is 12.1 Å². The molecule has 0 saturated carbocycles. The number of thiol groups is 1. The fourth-order valence-corrected chi connectivity index (χ4v) is 1.91. The number of halogens is 2. The average molecular weight is 249 g/mol. The van der Waals surface area contributed by atoms with Crippen molar-refractivity contribution in [3.05, 3.63) is 29.3 Å². The molecule has 0 aliphatic carbocycles. The van der Waals surface area contributed by atoms with Crippen LogP contribution in [-0.4, -0.2) is 5.78 Å². The van der Waals surface area contributed by atoms with Crippen LogP contribution in [0.5, 0.6) is 0 Å². The van der Waals surface area contributed by atoms with Crippen LogP contribution < -0.4 is 0 Å². The van der Waals surface area contributed by atoms with E-state index in [-0.39, 0.29) is 5.78 Å². The summed E-state index contributed by atoms with van der Waals surface area (Å²) in [5.74, 6) is 0.349. The maximum absolute atomic E-state index is 11.1. The van der Waals surface area contributed by atoms with Crippen LogP contribution in [0, 0.1) is 0 Å². The van der Waals surface area contributed by atoms with Crippen LogP contribution in [-0.2, 0) is 10.7 Å². The predicted molar refractivity (Wildman–Crippen MR) is 62.5 cm³/mol. The van der Waals surface area contributed by atoms with Crippen molar-refractivity contribution in [2.45, 2.75) is 23.1 Å². The molecule has 1 aromatic rings. The number of ketones is 1. The maximum atomic E-state index is 11.1. The Labute approximate surface area is 98.8 Å². The first kappa shape index (κ1) is 11.9. The second-order valence-electron chi connectivity index (χ2n) is 3.00. The third-order valence-corrected chi connectivity index (χ3v) is 3.12. The number of carbonyl (C=O) groups is 1. The summed E-state index contributed by atoms with van der Waals surface area (Å²) < 4.78 is 0. The standard InChI is InChI=1S/C10H10Cl2OS/c1-6(13)10(12)8-3-2-7(5-11)4-9(8)14/h2-4,10,14H,5H2,1H3. The van der Waals surface area contributed by atoms with E-state index in [1.54, 1.807) is 6.07 Å².